The first-order chi connectivity index (χ1) is 15.7. The molecule has 7 nitrogen and oxygen atoms in total. The van der Waals surface area contributed by atoms with E-state index in [2.05, 4.69) is 20.3 Å². The number of phenols is 1. The van der Waals surface area contributed by atoms with Crippen LogP contribution in [-0.4, -0.2) is 49.3 Å². The quantitative estimate of drug-likeness (QED) is 0.559. The Morgan fingerprint density at radius 1 is 1.15 bits per heavy atom. The number of halogens is 3. The molecule has 0 aliphatic heterocycles. The number of aromatic hydroxyl groups is 1. The van der Waals surface area contributed by atoms with Gasteiger partial charge in [0.15, 0.2) is 11.6 Å². The second kappa shape index (κ2) is 9.36. The molecule has 176 valence electrons. The number of aromatic nitrogens is 5. The van der Waals surface area contributed by atoms with Crippen molar-refractivity contribution in [1.29, 1.82) is 0 Å². The van der Waals surface area contributed by atoms with Crippen LogP contribution < -0.4 is 4.90 Å². The van der Waals surface area contributed by atoms with Gasteiger partial charge in [-0.15, -0.1) is 10.2 Å². The van der Waals surface area contributed by atoms with E-state index in [1.807, 2.05) is 31.3 Å². The van der Waals surface area contributed by atoms with Crippen LogP contribution in [0.25, 0.3) is 22.5 Å². The van der Waals surface area contributed by atoms with Gasteiger partial charge in [0.05, 0.1) is 18.0 Å². The van der Waals surface area contributed by atoms with Gasteiger partial charge in [-0.2, -0.15) is 18.3 Å². The number of nitrogens with zero attached hydrogens (tertiary/aromatic N) is 6. The van der Waals surface area contributed by atoms with Crippen LogP contribution in [0.2, 0.25) is 0 Å². The third-order valence-electron chi connectivity index (χ3n) is 6.33. The van der Waals surface area contributed by atoms with Gasteiger partial charge >= 0.3 is 6.18 Å². The number of rotatable bonds is 6. The third kappa shape index (κ3) is 5.61. The van der Waals surface area contributed by atoms with Crippen molar-refractivity contribution >= 4 is 5.82 Å². The van der Waals surface area contributed by atoms with Crippen LogP contribution in [0.1, 0.15) is 38.5 Å². The molecule has 2 aromatic heterocycles. The van der Waals surface area contributed by atoms with Gasteiger partial charge in [-0.3, -0.25) is 4.68 Å². The van der Waals surface area contributed by atoms with Crippen molar-refractivity contribution in [3.63, 3.8) is 0 Å². The Morgan fingerprint density at radius 2 is 1.97 bits per heavy atom. The third-order valence-corrected chi connectivity index (χ3v) is 6.33. The first-order valence-corrected chi connectivity index (χ1v) is 11.0. The fraction of sp³-hybridized carbons (Fsp3) is 0.478. The SMILES string of the molecule is CN(c1cnc(-c2ccc(-c3cnn(C)c3)cc2O)nn1)[C@H]1CCC[C@@H](CCC(F)(F)F)C1. The van der Waals surface area contributed by atoms with Gasteiger partial charge in [-0.25, -0.2) is 4.98 Å². The van der Waals surface area contributed by atoms with Crippen LogP contribution in [0.5, 0.6) is 5.75 Å². The van der Waals surface area contributed by atoms with E-state index in [0.717, 1.165) is 30.4 Å². The maximum Gasteiger partial charge on any atom is 0.389 e. The Hall–Kier alpha value is -3.17. The second-order valence-electron chi connectivity index (χ2n) is 8.73. The summed E-state index contributed by atoms with van der Waals surface area (Å²) in [4.78, 5) is 6.33. The molecular weight excluding hydrogens is 433 g/mol. The number of aryl methyl sites for hydroxylation is 1. The summed E-state index contributed by atoms with van der Waals surface area (Å²) in [6.07, 6.45) is 3.84. The predicted molar refractivity (Wildman–Crippen MR) is 119 cm³/mol. The van der Waals surface area contributed by atoms with Crippen molar-refractivity contribution in [2.24, 2.45) is 13.0 Å². The molecule has 1 aromatic carbocycles. The number of phenolic OH excluding ortho intramolecular Hbond substituents is 1. The van der Waals surface area contributed by atoms with Gasteiger partial charge in [0.1, 0.15) is 5.75 Å². The molecule has 2 heterocycles. The van der Waals surface area contributed by atoms with Crippen LogP contribution in [0.15, 0.2) is 36.8 Å². The Labute approximate surface area is 190 Å². The van der Waals surface area contributed by atoms with Crippen molar-refractivity contribution in [3.8, 4) is 28.3 Å². The molecule has 1 aliphatic carbocycles. The highest BCUT2D eigenvalue weighted by atomic mass is 19.4. The van der Waals surface area contributed by atoms with Gasteiger partial charge in [0.2, 0.25) is 0 Å². The number of hydrogen-bond acceptors (Lipinski definition) is 6. The lowest BCUT2D eigenvalue weighted by Gasteiger charge is -2.35. The summed E-state index contributed by atoms with van der Waals surface area (Å²) in [6, 6.07) is 5.34. The zero-order chi connectivity index (χ0) is 23.6. The molecule has 0 radical (unpaired) electrons. The van der Waals surface area contributed by atoms with Crippen molar-refractivity contribution in [1.82, 2.24) is 25.0 Å². The smallest absolute Gasteiger partial charge is 0.389 e. The standard InChI is InChI=1S/C23H27F3N6O/c1-31-14-17(12-28-31)16-6-7-19(20(33)11-16)22-27-13-21(29-30-22)32(2)18-5-3-4-15(10-18)8-9-23(24,25)26/h6-7,11-15,18,33H,3-5,8-10H2,1-2H3/t15-,18-/m0/s1. The van der Waals surface area contributed by atoms with Crippen LogP contribution >= 0.6 is 0 Å². The van der Waals surface area contributed by atoms with Crippen molar-refractivity contribution in [2.45, 2.75) is 50.7 Å². The van der Waals surface area contributed by atoms with Gasteiger partial charge in [-0.05, 0) is 42.9 Å². The number of anilines is 1. The summed E-state index contributed by atoms with van der Waals surface area (Å²) in [5, 5.41) is 23.1. The molecule has 0 spiro atoms. The molecule has 0 amide bonds. The Balaban J connectivity index is 1.43. The number of hydrogen-bond donors (Lipinski definition) is 1. The molecule has 10 heteroatoms. The van der Waals surface area contributed by atoms with E-state index in [4.69, 9.17) is 0 Å². The van der Waals surface area contributed by atoms with Crippen molar-refractivity contribution in [2.75, 3.05) is 11.9 Å². The predicted octanol–water partition coefficient (Wildman–Crippen LogP) is 4.98. The van der Waals surface area contributed by atoms with Gasteiger partial charge in [0, 0.05) is 38.3 Å². The fourth-order valence-electron chi connectivity index (χ4n) is 4.46. The molecule has 1 aliphatic rings. The molecule has 1 fully saturated rings. The molecular formula is C23H27F3N6O. The van der Waals surface area contributed by atoms with E-state index in [0.29, 0.717) is 23.6 Å². The highest BCUT2D eigenvalue weighted by Crippen LogP contribution is 2.35. The normalized spacial score (nSPS) is 18.9. The molecule has 0 saturated heterocycles. The maximum absolute atomic E-state index is 12.6. The summed E-state index contributed by atoms with van der Waals surface area (Å²) in [5.41, 5.74) is 2.18. The second-order valence-corrected chi connectivity index (χ2v) is 8.73. The highest BCUT2D eigenvalue weighted by molar-refractivity contribution is 5.72. The van der Waals surface area contributed by atoms with E-state index in [1.54, 1.807) is 29.2 Å². The molecule has 4 rings (SSSR count). The average Bonchev–Trinajstić information content (AvgIpc) is 3.23. The lowest BCUT2D eigenvalue weighted by molar-refractivity contribution is -0.138. The zero-order valence-electron chi connectivity index (χ0n) is 18.6. The Bertz CT molecular complexity index is 1080. The molecule has 0 unspecified atom stereocenters. The highest BCUT2D eigenvalue weighted by Gasteiger charge is 2.31. The van der Waals surface area contributed by atoms with Crippen LogP contribution in [0, 0.1) is 5.92 Å². The monoisotopic (exact) mass is 460 g/mol. The topological polar surface area (TPSA) is 80.0 Å². The van der Waals surface area contributed by atoms with E-state index in [1.165, 1.54) is 0 Å². The summed E-state index contributed by atoms with van der Waals surface area (Å²) < 4.78 is 39.5. The molecule has 33 heavy (non-hydrogen) atoms. The van der Waals surface area contributed by atoms with Crippen molar-refractivity contribution in [3.05, 3.63) is 36.8 Å². The summed E-state index contributed by atoms with van der Waals surface area (Å²) >= 11 is 0. The largest absolute Gasteiger partial charge is 0.507 e. The summed E-state index contributed by atoms with van der Waals surface area (Å²) in [7, 11) is 3.70. The number of alkyl halides is 3. The average molecular weight is 461 g/mol. The minimum absolute atomic E-state index is 0.0408. The molecule has 2 atom stereocenters. The minimum Gasteiger partial charge on any atom is -0.507 e. The first kappa shape index (κ1) is 23.0. The van der Waals surface area contributed by atoms with E-state index < -0.39 is 12.6 Å². The summed E-state index contributed by atoms with van der Waals surface area (Å²) in [5.74, 6) is 0.961. The molecule has 1 saturated carbocycles. The minimum atomic E-state index is -4.11. The van der Waals surface area contributed by atoms with Gasteiger partial charge in [0.25, 0.3) is 0 Å². The van der Waals surface area contributed by atoms with Crippen LogP contribution in [-0.2, 0) is 7.05 Å². The number of benzene rings is 1. The van der Waals surface area contributed by atoms with E-state index in [9.17, 15) is 18.3 Å². The fourth-order valence-corrected chi connectivity index (χ4v) is 4.46. The first-order valence-electron chi connectivity index (χ1n) is 11.0. The molecule has 1 N–H and O–H groups in total. The van der Waals surface area contributed by atoms with Crippen LogP contribution in [0.3, 0.4) is 0 Å². The van der Waals surface area contributed by atoms with Crippen molar-refractivity contribution < 1.29 is 18.3 Å². The van der Waals surface area contributed by atoms with E-state index >= 15 is 0 Å². The molecule has 0 bridgehead atoms. The molecule has 3 aromatic rings. The summed E-state index contributed by atoms with van der Waals surface area (Å²) in [6.45, 7) is 0. The van der Waals surface area contributed by atoms with E-state index in [-0.39, 0.29) is 24.1 Å². The Kier molecular flexibility index (Phi) is 6.53. The lowest BCUT2D eigenvalue weighted by atomic mass is 9.82. The lowest BCUT2D eigenvalue weighted by Crippen LogP contribution is -2.37. The Morgan fingerprint density at radius 3 is 2.61 bits per heavy atom. The van der Waals surface area contributed by atoms with Gasteiger partial charge in [-0.1, -0.05) is 18.9 Å². The maximum atomic E-state index is 12.6. The van der Waals surface area contributed by atoms with Crippen LogP contribution in [0.4, 0.5) is 19.0 Å². The zero-order valence-corrected chi connectivity index (χ0v) is 18.6. The van der Waals surface area contributed by atoms with Gasteiger partial charge < -0.3 is 10.0 Å².